The lowest BCUT2D eigenvalue weighted by Crippen LogP contribution is -2.39. The van der Waals surface area contributed by atoms with Crippen molar-refractivity contribution >= 4 is 11.5 Å². The summed E-state index contributed by atoms with van der Waals surface area (Å²) in [5, 5.41) is 0. The van der Waals surface area contributed by atoms with Crippen molar-refractivity contribution in [2.24, 2.45) is 0 Å². The fourth-order valence-electron chi connectivity index (χ4n) is 5.51. The number of halogens is 7. The Kier molecular flexibility index (Phi) is 7.31. The van der Waals surface area contributed by atoms with E-state index in [0.29, 0.717) is 35.3 Å². The van der Waals surface area contributed by atoms with Gasteiger partial charge in [-0.05, 0) is 72.0 Å². The predicted molar refractivity (Wildman–Crippen MR) is 134 cm³/mol. The highest BCUT2D eigenvalue weighted by Gasteiger charge is 2.48. The number of benzene rings is 2. The molecule has 216 valence electrons. The van der Waals surface area contributed by atoms with Crippen molar-refractivity contribution in [2.75, 3.05) is 6.54 Å². The molecule has 2 aromatic carbocycles. The van der Waals surface area contributed by atoms with Gasteiger partial charge in [0, 0.05) is 36.8 Å². The summed E-state index contributed by atoms with van der Waals surface area (Å²) in [6.45, 7) is 1.36. The van der Waals surface area contributed by atoms with Gasteiger partial charge in [0.15, 0.2) is 0 Å². The number of nitrogens with zero attached hydrogens (tertiary/aromatic N) is 1. The Balaban J connectivity index is 1.50. The lowest BCUT2D eigenvalue weighted by atomic mass is 9.84. The van der Waals surface area contributed by atoms with Crippen LogP contribution in [0.2, 0.25) is 0 Å². The number of carbonyl (C=O) groups is 1. The summed E-state index contributed by atoms with van der Waals surface area (Å²) in [7, 11) is 0. The largest absolute Gasteiger partial charge is 0.416 e. The van der Waals surface area contributed by atoms with Crippen LogP contribution in [0.5, 0.6) is 0 Å². The molecule has 41 heavy (non-hydrogen) atoms. The van der Waals surface area contributed by atoms with Gasteiger partial charge in [-0.3, -0.25) is 9.59 Å². The van der Waals surface area contributed by atoms with Gasteiger partial charge in [0.2, 0.25) is 11.5 Å². The summed E-state index contributed by atoms with van der Waals surface area (Å²) in [6, 6.07) is 9.15. The van der Waals surface area contributed by atoms with Gasteiger partial charge >= 0.3 is 12.4 Å². The molecule has 1 amide bonds. The van der Waals surface area contributed by atoms with Gasteiger partial charge in [0.25, 0.3) is 0 Å². The first-order chi connectivity index (χ1) is 19.2. The molecule has 1 saturated heterocycles. The number of aromatic nitrogens is 1. The third-order valence-electron chi connectivity index (χ3n) is 7.47. The van der Waals surface area contributed by atoms with Crippen LogP contribution in [0.4, 0.5) is 30.7 Å². The molecule has 5 rings (SSSR count). The van der Waals surface area contributed by atoms with Crippen molar-refractivity contribution in [1.29, 1.82) is 0 Å². The van der Waals surface area contributed by atoms with Gasteiger partial charge in [0.1, 0.15) is 5.82 Å². The Morgan fingerprint density at radius 1 is 0.927 bits per heavy atom. The number of alkyl halides is 6. The first-order valence-corrected chi connectivity index (χ1v) is 12.6. The van der Waals surface area contributed by atoms with Gasteiger partial charge in [-0.1, -0.05) is 12.1 Å². The molecular weight excluding hydrogens is 557 g/mol. The number of rotatable bonds is 5. The van der Waals surface area contributed by atoms with Crippen LogP contribution in [0.25, 0.3) is 5.57 Å². The molecule has 3 unspecified atom stereocenters. The number of amides is 1. The summed E-state index contributed by atoms with van der Waals surface area (Å²) >= 11 is 0. The maximum absolute atomic E-state index is 13.8. The zero-order valence-corrected chi connectivity index (χ0v) is 21.4. The Bertz CT molecular complexity index is 1490. The van der Waals surface area contributed by atoms with Crippen molar-refractivity contribution in [1.82, 2.24) is 9.88 Å². The number of ether oxygens (including phenoxy) is 1. The summed E-state index contributed by atoms with van der Waals surface area (Å²) in [6.07, 6.45) is -8.88. The first kappa shape index (κ1) is 28.6. The van der Waals surface area contributed by atoms with Crippen molar-refractivity contribution in [2.45, 2.75) is 49.9 Å². The number of aromatic amines is 1. The number of hydrogen-bond acceptors (Lipinski definition) is 3. The van der Waals surface area contributed by atoms with E-state index < -0.39 is 53.5 Å². The van der Waals surface area contributed by atoms with E-state index in [0.717, 1.165) is 0 Å². The lowest BCUT2D eigenvalue weighted by Gasteiger charge is -2.32. The molecular formula is C29H23F7N2O3. The smallest absolute Gasteiger partial charge is 0.368 e. The number of carbonyl (C=O) groups excluding carboxylic acids is 1. The minimum Gasteiger partial charge on any atom is -0.368 e. The Hall–Kier alpha value is -3.93. The average Bonchev–Trinajstić information content (AvgIpc) is 3.26. The van der Waals surface area contributed by atoms with Crippen molar-refractivity contribution in [3.8, 4) is 0 Å². The van der Waals surface area contributed by atoms with Crippen LogP contribution in [0.15, 0.2) is 71.7 Å². The van der Waals surface area contributed by atoms with Gasteiger partial charge in [-0.15, -0.1) is 0 Å². The maximum Gasteiger partial charge on any atom is 0.416 e. The van der Waals surface area contributed by atoms with Crippen LogP contribution >= 0.6 is 0 Å². The Labute approximate surface area is 229 Å². The zero-order chi connectivity index (χ0) is 29.7. The highest BCUT2D eigenvalue weighted by Crippen LogP contribution is 2.45. The van der Waals surface area contributed by atoms with Gasteiger partial charge in [-0.2, -0.15) is 26.3 Å². The highest BCUT2D eigenvalue weighted by molar-refractivity contribution is 5.97. The molecule has 1 fully saturated rings. The van der Waals surface area contributed by atoms with E-state index in [1.165, 1.54) is 54.4 Å². The number of nitrogens with one attached hydrogen (secondary N) is 1. The van der Waals surface area contributed by atoms with Gasteiger partial charge in [0.05, 0.1) is 23.3 Å². The van der Waals surface area contributed by atoms with Crippen molar-refractivity contribution in [3.63, 3.8) is 0 Å². The first-order valence-electron chi connectivity index (χ1n) is 12.6. The van der Waals surface area contributed by atoms with Crippen LogP contribution < -0.4 is 5.56 Å². The Morgan fingerprint density at radius 3 is 2.12 bits per heavy atom. The average molecular weight is 581 g/mol. The summed E-state index contributed by atoms with van der Waals surface area (Å²) in [4.78, 5) is 28.8. The molecule has 12 heteroatoms. The van der Waals surface area contributed by atoms with Gasteiger partial charge in [-0.25, -0.2) is 4.39 Å². The number of fused-ring (bicyclic) bond motifs is 1. The molecule has 5 nitrogen and oxygen atoms in total. The SMILES string of the molecule is CC(O[C@H]1CN2C(=O)C=C(c3ccc(=O)[nH]c3)CC2C1c1ccc(F)cc1)c1cc(C(F)(F)F)cc(C(F)(F)F)c1. The number of pyridine rings is 1. The fourth-order valence-corrected chi connectivity index (χ4v) is 5.51. The highest BCUT2D eigenvalue weighted by atomic mass is 19.4. The van der Waals surface area contributed by atoms with E-state index in [1.807, 2.05) is 0 Å². The van der Waals surface area contributed by atoms with Crippen LogP contribution in [0.1, 0.15) is 53.2 Å². The molecule has 0 bridgehead atoms. The van der Waals surface area contributed by atoms with E-state index >= 15 is 0 Å². The third kappa shape index (κ3) is 5.92. The standard InChI is InChI=1S/C29H23F7N2O3/c1-15(18-8-20(28(31,32)33)12-21(9-18)29(34,35)36)41-24-14-38-23(27(24)16-2-5-22(30)6-3-16)10-19(11-26(38)40)17-4-7-25(39)37-13-17/h2-9,11-13,15,23-24,27H,10,14H2,1H3,(H,37,39)/t15?,23?,24-,27?/m0/s1. The molecule has 0 saturated carbocycles. The van der Waals surface area contributed by atoms with Crippen LogP contribution in [-0.2, 0) is 21.9 Å². The lowest BCUT2D eigenvalue weighted by molar-refractivity contribution is -0.143. The van der Waals surface area contributed by atoms with E-state index in [-0.39, 0.29) is 29.6 Å². The normalized spacial score (nSPS) is 22.0. The summed E-state index contributed by atoms with van der Waals surface area (Å²) in [5.74, 6) is -1.46. The molecule has 3 aromatic rings. The minimum atomic E-state index is -5.02. The van der Waals surface area contributed by atoms with Crippen LogP contribution in [0.3, 0.4) is 0 Å². The van der Waals surface area contributed by atoms with E-state index in [4.69, 9.17) is 4.74 Å². The minimum absolute atomic E-state index is 0.0103. The quantitative estimate of drug-likeness (QED) is 0.352. The fraction of sp³-hybridized carbons (Fsp3) is 0.310. The van der Waals surface area contributed by atoms with Crippen molar-refractivity contribution < 1.29 is 40.3 Å². The summed E-state index contributed by atoms with van der Waals surface area (Å²) < 4.78 is 101. The molecule has 3 heterocycles. The van der Waals surface area contributed by atoms with Crippen LogP contribution in [-0.4, -0.2) is 34.5 Å². The van der Waals surface area contributed by atoms with Gasteiger partial charge < -0.3 is 14.6 Å². The molecule has 1 N–H and O–H groups in total. The number of H-pyrrole nitrogens is 1. The molecule has 0 aliphatic carbocycles. The second-order valence-electron chi connectivity index (χ2n) is 10.1. The maximum atomic E-state index is 13.8. The second-order valence-corrected chi connectivity index (χ2v) is 10.1. The predicted octanol–water partition coefficient (Wildman–Crippen LogP) is 6.48. The monoisotopic (exact) mass is 580 g/mol. The van der Waals surface area contributed by atoms with E-state index in [1.54, 1.807) is 6.07 Å². The molecule has 4 atom stereocenters. The zero-order valence-electron chi connectivity index (χ0n) is 21.4. The molecule has 0 spiro atoms. The number of hydrogen-bond donors (Lipinski definition) is 1. The van der Waals surface area contributed by atoms with E-state index in [2.05, 4.69) is 4.98 Å². The molecule has 0 radical (unpaired) electrons. The van der Waals surface area contributed by atoms with E-state index in [9.17, 15) is 40.3 Å². The third-order valence-corrected chi connectivity index (χ3v) is 7.47. The molecule has 2 aliphatic rings. The van der Waals surface area contributed by atoms with Crippen LogP contribution in [0, 0.1) is 5.82 Å². The second kappa shape index (κ2) is 10.5. The summed E-state index contributed by atoms with van der Waals surface area (Å²) in [5.41, 5.74) is -1.74. The van der Waals surface area contributed by atoms with Crippen molar-refractivity contribution in [3.05, 3.63) is 111 Å². The Morgan fingerprint density at radius 2 is 1.56 bits per heavy atom. The molecule has 2 aliphatic heterocycles. The molecule has 1 aromatic heterocycles. The topological polar surface area (TPSA) is 62.4 Å².